The predicted molar refractivity (Wildman–Crippen MR) is 200 cm³/mol. The normalized spacial score (nSPS) is 19.0. The van der Waals surface area contributed by atoms with Crippen LogP contribution in [0.2, 0.25) is 0 Å². The molecule has 1 aliphatic rings. The number of hydrogen-bond donors (Lipinski definition) is 3. The van der Waals surface area contributed by atoms with E-state index in [1.54, 1.807) is 0 Å². The van der Waals surface area contributed by atoms with Crippen LogP contribution in [0.15, 0.2) is 36.5 Å². The van der Waals surface area contributed by atoms with Crippen molar-refractivity contribution in [2.75, 3.05) is 26.4 Å². The van der Waals surface area contributed by atoms with Crippen LogP contribution in [0.5, 0.6) is 0 Å². The van der Waals surface area contributed by atoms with Gasteiger partial charge in [0, 0.05) is 12.8 Å². The van der Waals surface area contributed by atoms with E-state index in [-0.39, 0.29) is 19.4 Å². The minimum absolute atomic E-state index is 0.103. The average molecular weight is 745 g/mol. The summed E-state index contributed by atoms with van der Waals surface area (Å²) in [6.45, 7) is 4.52. The van der Waals surface area contributed by atoms with Crippen molar-refractivity contribution in [3.05, 3.63) is 36.5 Å². The fraction of sp³-hybridized carbons (Fsp3) is 0.795. The second-order valence-corrected chi connectivity index (χ2v) is 15.0. The zero-order chi connectivity index (χ0) is 37.6. The van der Waals surface area contributed by atoms with Crippen molar-refractivity contribution >= 4 is 19.8 Å². The van der Waals surface area contributed by atoms with E-state index >= 15 is 0 Å². The quantitative estimate of drug-likeness (QED) is 0.0191. The van der Waals surface area contributed by atoms with Crippen molar-refractivity contribution in [3.63, 3.8) is 0 Å². The molecule has 0 bridgehead atoms. The van der Waals surface area contributed by atoms with Gasteiger partial charge in [-0.15, -0.1) is 0 Å². The van der Waals surface area contributed by atoms with Crippen LogP contribution < -0.4 is 0 Å². The molecule has 0 aromatic heterocycles. The van der Waals surface area contributed by atoms with Gasteiger partial charge < -0.3 is 29.3 Å². The lowest BCUT2D eigenvalue weighted by atomic mass is 10.00. The Kier molecular flexibility index (Phi) is 28.3. The van der Waals surface area contributed by atoms with Crippen LogP contribution in [0.25, 0.3) is 0 Å². The minimum atomic E-state index is -4.63. The summed E-state index contributed by atoms with van der Waals surface area (Å²) in [6.07, 6.45) is 28.8. The van der Waals surface area contributed by atoms with E-state index in [0.717, 1.165) is 50.9 Å². The maximum Gasteiger partial charge on any atom is 0.472 e. The number of phosphoric acid groups is 1. The van der Waals surface area contributed by atoms with Crippen molar-refractivity contribution in [1.29, 1.82) is 0 Å². The summed E-state index contributed by atoms with van der Waals surface area (Å²) in [4.78, 5) is 34.8. The maximum absolute atomic E-state index is 12.6. The van der Waals surface area contributed by atoms with Crippen molar-refractivity contribution in [2.24, 2.45) is 5.92 Å². The number of aliphatic hydroxyl groups excluding tert-OH is 2. The molecule has 4 unspecified atom stereocenters. The van der Waals surface area contributed by atoms with Crippen LogP contribution >= 0.6 is 7.82 Å². The highest BCUT2D eigenvalue weighted by Gasteiger charge is 2.36. The molecule has 1 saturated heterocycles. The van der Waals surface area contributed by atoms with Crippen LogP contribution in [0, 0.1) is 5.92 Å². The fourth-order valence-electron chi connectivity index (χ4n) is 5.18. The molecule has 3 N–H and O–H groups in total. The van der Waals surface area contributed by atoms with Gasteiger partial charge in [0.1, 0.15) is 12.7 Å². The molecular formula is C39H69O11P. The number of hydrogen-bond acceptors (Lipinski definition) is 10. The van der Waals surface area contributed by atoms with Gasteiger partial charge in [0.2, 0.25) is 0 Å². The summed E-state index contributed by atoms with van der Waals surface area (Å²) in [5.74, 6) is -0.236. The Balaban J connectivity index is 2.35. The summed E-state index contributed by atoms with van der Waals surface area (Å²) < 4.78 is 38.3. The van der Waals surface area contributed by atoms with Crippen LogP contribution in [0.4, 0.5) is 0 Å². The van der Waals surface area contributed by atoms with Gasteiger partial charge in [-0.05, 0) is 57.3 Å². The number of unbranched alkanes of at least 4 members (excludes halogenated alkanes) is 9. The first kappa shape index (κ1) is 47.2. The molecule has 0 aliphatic carbocycles. The number of carbonyl (C=O) groups is 2. The molecule has 1 heterocycles. The zero-order valence-electron chi connectivity index (χ0n) is 31.7. The Morgan fingerprint density at radius 3 is 2.08 bits per heavy atom. The molecule has 0 spiro atoms. The average Bonchev–Trinajstić information content (AvgIpc) is 3.87. The smallest absolute Gasteiger partial charge is 0.462 e. The largest absolute Gasteiger partial charge is 0.472 e. The Morgan fingerprint density at radius 2 is 1.37 bits per heavy atom. The molecule has 12 heteroatoms. The molecule has 11 nitrogen and oxygen atoms in total. The Hall–Kier alpha value is -1.85. The number of ether oxygens (including phenoxy) is 3. The van der Waals surface area contributed by atoms with Gasteiger partial charge in [-0.25, -0.2) is 4.57 Å². The van der Waals surface area contributed by atoms with Crippen LogP contribution in [-0.4, -0.2) is 77.9 Å². The second kappa shape index (κ2) is 30.6. The van der Waals surface area contributed by atoms with Crippen LogP contribution in [0.1, 0.15) is 143 Å². The number of rotatable bonds is 34. The van der Waals surface area contributed by atoms with E-state index in [1.807, 2.05) is 12.2 Å². The van der Waals surface area contributed by atoms with Gasteiger partial charge in [-0.2, -0.15) is 0 Å². The third kappa shape index (κ3) is 28.3. The SMILES string of the molecule is CCCCC/C=C\CC1OC1C/C=C\C/C=C\CCCC(=O)O[C@H](COC(=O)CCCCCCCCC(C)CC)COP(=O)(O)OC[C@@H](O)CO. The fourth-order valence-corrected chi connectivity index (χ4v) is 5.97. The first-order valence-corrected chi connectivity index (χ1v) is 21.0. The molecule has 0 saturated carbocycles. The van der Waals surface area contributed by atoms with Gasteiger partial charge in [-0.3, -0.25) is 18.6 Å². The molecule has 6 atom stereocenters. The number of epoxide rings is 1. The van der Waals surface area contributed by atoms with E-state index < -0.39 is 51.8 Å². The van der Waals surface area contributed by atoms with E-state index in [4.69, 9.17) is 23.8 Å². The molecule has 51 heavy (non-hydrogen) atoms. The van der Waals surface area contributed by atoms with Crippen molar-refractivity contribution in [3.8, 4) is 0 Å². The van der Waals surface area contributed by atoms with Crippen molar-refractivity contribution < 1.29 is 52.5 Å². The molecule has 296 valence electrons. The first-order chi connectivity index (χ1) is 24.6. The second-order valence-electron chi connectivity index (χ2n) is 13.6. The molecular weight excluding hydrogens is 675 g/mol. The molecule has 0 aromatic carbocycles. The molecule has 1 rings (SSSR count). The van der Waals surface area contributed by atoms with Crippen molar-refractivity contribution in [1.82, 2.24) is 0 Å². The lowest BCUT2D eigenvalue weighted by molar-refractivity contribution is -0.161. The van der Waals surface area contributed by atoms with E-state index in [1.165, 1.54) is 44.9 Å². The molecule has 0 aromatic rings. The molecule has 0 amide bonds. The number of esters is 2. The molecule has 0 radical (unpaired) electrons. The summed E-state index contributed by atoms with van der Waals surface area (Å²) in [5.41, 5.74) is 0. The number of aliphatic hydroxyl groups is 2. The monoisotopic (exact) mass is 744 g/mol. The predicted octanol–water partition coefficient (Wildman–Crippen LogP) is 8.45. The Labute approximate surface area is 307 Å². The van der Waals surface area contributed by atoms with Crippen LogP contribution in [-0.2, 0) is 37.4 Å². The first-order valence-electron chi connectivity index (χ1n) is 19.5. The van der Waals surface area contributed by atoms with E-state index in [0.29, 0.717) is 31.5 Å². The Bertz CT molecular complexity index is 1030. The van der Waals surface area contributed by atoms with E-state index in [2.05, 4.69) is 49.6 Å². The lowest BCUT2D eigenvalue weighted by Crippen LogP contribution is -2.29. The van der Waals surface area contributed by atoms with Gasteiger partial charge in [0.15, 0.2) is 6.10 Å². The van der Waals surface area contributed by atoms with Crippen LogP contribution in [0.3, 0.4) is 0 Å². The summed E-state index contributed by atoms with van der Waals surface area (Å²) >= 11 is 0. The summed E-state index contributed by atoms with van der Waals surface area (Å²) in [7, 11) is -4.63. The number of phosphoric ester groups is 1. The summed E-state index contributed by atoms with van der Waals surface area (Å²) in [5, 5.41) is 18.3. The third-order valence-corrected chi connectivity index (χ3v) is 9.69. The van der Waals surface area contributed by atoms with Gasteiger partial charge in [-0.1, -0.05) is 115 Å². The topological polar surface area (TPSA) is 161 Å². The highest BCUT2D eigenvalue weighted by molar-refractivity contribution is 7.47. The number of allylic oxidation sites excluding steroid dienone is 4. The Morgan fingerprint density at radius 1 is 0.765 bits per heavy atom. The standard InChI is InChI=1S/C39H69O11P/c1-4-6-7-8-15-20-25-36-37(50-36)26-21-16-10-9-11-18-23-28-39(43)49-35(32-48-51(44,45)47-30-34(41)29-40)31-46-38(42)27-22-17-13-12-14-19-24-33(3)5-2/h9,11,15-16,20-21,33-37,40-41H,4-8,10,12-14,17-19,22-32H2,1-3H3,(H,44,45)/b11-9-,20-15-,21-16-/t33?,34-,35+,36?,37?/m0/s1. The number of carbonyl (C=O) groups excluding carboxylic acids is 2. The lowest BCUT2D eigenvalue weighted by Gasteiger charge is -2.20. The maximum atomic E-state index is 12.6. The highest BCUT2D eigenvalue weighted by Crippen LogP contribution is 2.43. The van der Waals surface area contributed by atoms with Gasteiger partial charge in [0.05, 0.1) is 32.0 Å². The molecule has 1 fully saturated rings. The summed E-state index contributed by atoms with van der Waals surface area (Å²) in [6, 6.07) is 0. The highest BCUT2D eigenvalue weighted by atomic mass is 31.2. The van der Waals surface area contributed by atoms with Gasteiger partial charge in [0.25, 0.3) is 0 Å². The minimum Gasteiger partial charge on any atom is -0.462 e. The van der Waals surface area contributed by atoms with Gasteiger partial charge >= 0.3 is 19.8 Å². The molecule has 1 aliphatic heterocycles. The third-order valence-electron chi connectivity index (χ3n) is 8.74. The zero-order valence-corrected chi connectivity index (χ0v) is 32.6. The van der Waals surface area contributed by atoms with E-state index in [9.17, 15) is 24.2 Å². The van der Waals surface area contributed by atoms with Crippen molar-refractivity contribution in [2.45, 2.75) is 167 Å².